The van der Waals surface area contributed by atoms with Crippen LogP contribution in [0.2, 0.25) is 0 Å². The molecule has 226 valence electrons. The number of carbonyl (C=O) groups excluding carboxylic acids is 3. The van der Waals surface area contributed by atoms with Crippen molar-refractivity contribution < 1.29 is 32.3 Å². The molecule has 8 nitrogen and oxygen atoms in total. The molecular formula is C31H24F3N3O5S2. The zero-order valence-electron chi connectivity index (χ0n) is 23.3. The average Bonchev–Trinajstić information content (AvgIpc) is 3.43. The molecule has 4 aromatic rings. The van der Waals surface area contributed by atoms with Crippen molar-refractivity contribution >= 4 is 52.2 Å². The molecule has 0 radical (unpaired) electrons. The van der Waals surface area contributed by atoms with Gasteiger partial charge in [0.2, 0.25) is 17.7 Å². The van der Waals surface area contributed by atoms with Crippen LogP contribution in [0.1, 0.15) is 27.5 Å². The van der Waals surface area contributed by atoms with Crippen LogP contribution in [0.5, 0.6) is 5.75 Å². The van der Waals surface area contributed by atoms with Gasteiger partial charge in [-0.1, -0.05) is 59.0 Å². The first-order valence-corrected chi connectivity index (χ1v) is 15.1. The quantitative estimate of drug-likeness (QED) is 0.273. The second kappa shape index (κ2) is 11.3. The van der Waals surface area contributed by atoms with Crippen LogP contribution in [0.4, 0.5) is 24.5 Å². The van der Waals surface area contributed by atoms with Gasteiger partial charge in [-0.05, 0) is 55.0 Å². The van der Waals surface area contributed by atoms with Crippen molar-refractivity contribution in [1.29, 1.82) is 0 Å². The van der Waals surface area contributed by atoms with Crippen molar-refractivity contribution in [3.05, 3.63) is 104 Å². The second-order valence-electron chi connectivity index (χ2n) is 10.4. The number of fused-ring (bicyclic) bond motifs is 2. The highest BCUT2D eigenvalue weighted by molar-refractivity contribution is 8.00. The zero-order chi connectivity index (χ0) is 31.3. The Hall–Kier alpha value is -4.36. The average molecular weight is 640 g/mol. The fourth-order valence-electron chi connectivity index (χ4n) is 5.49. The van der Waals surface area contributed by atoms with Gasteiger partial charge in [0.15, 0.2) is 0 Å². The summed E-state index contributed by atoms with van der Waals surface area (Å²) in [5.41, 5.74) is 1.10. The Kier molecular flexibility index (Phi) is 7.62. The molecule has 3 aromatic carbocycles. The molecule has 6 rings (SSSR count). The molecule has 0 spiro atoms. The molecule has 1 aromatic heterocycles. The van der Waals surface area contributed by atoms with Gasteiger partial charge in [0.05, 0.1) is 29.3 Å². The summed E-state index contributed by atoms with van der Waals surface area (Å²) in [5.74, 6) is -2.44. The molecule has 3 amide bonds. The number of hydrogen-bond donors (Lipinski definition) is 1. The molecule has 1 saturated heterocycles. The minimum Gasteiger partial charge on any atom is -0.497 e. The maximum absolute atomic E-state index is 14.0. The van der Waals surface area contributed by atoms with Crippen LogP contribution in [0.25, 0.3) is 0 Å². The molecule has 0 aliphatic carbocycles. The predicted molar refractivity (Wildman–Crippen MR) is 160 cm³/mol. The highest BCUT2D eigenvalue weighted by Gasteiger charge is 2.56. The number of alkyl halides is 3. The molecule has 0 bridgehead atoms. The van der Waals surface area contributed by atoms with E-state index in [4.69, 9.17) is 4.74 Å². The number of hydrogen-bond acceptors (Lipinski definition) is 7. The third-order valence-electron chi connectivity index (χ3n) is 7.59. The third-order valence-corrected chi connectivity index (χ3v) is 10.2. The van der Waals surface area contributed by atoms with Crippen LogP contribution >= 0.6 is 23.1 Å². The number of carbonyl (C=O) groups is 3. The number of thiazole rings is 1. The molecule has 1 fully saturated rings. The predicted octanol–water partition coefficient (Wildman–Crippen LogP) is 5.68. The van der Waals surface area contributed by atoms with Gasteiger partial charge in [-0.3, -0.25) is 23.7 Å². The molecule has 0 saturated carbocycles. The highest BCUT2D eigenvalue weighted by Crippen LogP contribution is 2.54. The van der Waals surface area contributed by atoms with Crippen LogP contribution in [0.15, 0.2) is 82.6 Å². The number of methoxy groups -OCH3 is 1. The minimum atomic E-state index is -4.59. The van der Waals surface area contributed by atoms with Crippen molar-refractivity contribution in [1.82, 2.24) is 4.57 Å². The number of aromatic nitrogens is 1. The Labute approximate surface area is 257 Å². The summed E-state index contributed by atoms with van der Waals surface area (Å²) in [6, 6.07) is 18.2. The summed E-state index contributed by atoms with van der Waals surface area (Å²) in [7, 11) is 1.52. The molecule has 13 heteroatoms. The lowest BCUT2D eigenvalue weighted by molar-refractivity contribution is -0.137. The first-order chi connectivity index (χ1) is 21.0. The number of nitrogens with one attached hydrogen (secondary N) is 1. The summed E-state index contributed by atoms with van der Waals surface area (Å²) in [4.78, 5) is 55.3. The fourth-order valence-corrected chi connectivity index (χ4v) is 8.26. The number of nitrogens with zero attached hydrogens (tertiary/aromatic N) is 2. The number of ether oxygens (including phenoxy) is 1. The topological polar surface area (TPSA) is 97.7 Å². The standard InChI is InChI=1S/C31H24F3N3O5S2/c1-16-6-10-20(11-7-16)37-27(39)24-23(17-8-12-21(42-2)13-9-17)26-29(43-25(24)28(37)40)36(30(41)44-26)15-22(38)35-19-5-3-4-18(14-19)31(32,33)34/h3-14,23-25H,15H2,1-2H3,(H,35,38)/t23-,24+,25-/m0/s1. The van der Waals surface area contributed by atoms with Crippen molar-refractivity contribution in [3.8, 4) is 5.75 Å². The number of amides is 3. The number of aryl methyl sites for hydroxylation is 1. The van der Waals surface area contributed by atoms with Gasteiger partial charge in [0.1, 0.15) is 17.5 Å². The SMILES string of the molecule is COc1ccc([C@@H]2c3sc(=O)n(CC(=O)Nc4cccc(C(F)(F)F)c4)c3S[C@@H]3C(=O)N(c4ccc(C)cc4)C(=O)[C@H]23)cc1. The van der Waals surface area contributed by atoms with Crippen molar-refractivity contribution in [2.45, 2.75) is 35.8 Å². The van der Waals surface area contributed by atoms with Crippen LogP contribution in [0, 0.1) is 12.8 Å². The fraction of sp³-hybridized carbons (Fsp3) is 0.226. The zero-order valence-corrected chi connectivity index (χ0v) is 24.9. The van der Waals surface area contributed by atoms with E-state index in [9.17, 15) is 32.3 Å². The van der Waals surface area contributed by atoms with Crippen LogP contribution < -0.4 is 19.8 Å². The van der Waals surface area contributed by atoms with Crippen LogP contribution in [-0.4, -0.2) is 34.6 Å². The highest BCUT2D eigenvalue weighted by atomic mass is 32.2. The molecule has 44 heavy (non-hydrogen) atoms. The molecular weight excluding hydrogens is 615 g/mol. The van der Waals surface area contributed by atoms with Gasteiger partial charge >= 0.3 is 11.0 Å². The van der Waals surface area contributed by atoms with E-state index in [1.807, 2.05) is 19.1 Å². The van der Waals surface area contributed by atoms with E-state index in [2.05, 4.69) is 5.32 Å². The van der Waals surface area contributed by atoms with Crippen molar-refractivity contribution in [3.63, 3.8) is 0 Å². The number of imide groups is 1. The number of benzene rings is 3. The first-order valence-electron chi connectivity index (χ1n) is 13.4. The van der Waals surface area contributed by atoms with E-state index >= 15 is 0 Å². The molecule has 2 aliphatic rings. The van der Waals surface area contributed by atoms with E-state index in [0.717, 1.165) is 40.8 Å². The smallest absolute Gasteiger partial charge is 0.416 e. The van der Waals surface area contributed by atoms with E-state index in [1.54, 1.807) is 36.4 Å². The lowest BCUT2D eigenvalue weighted by Crippen LogP contribution is -2.33. The third kappa shape index (κ3) is 5.30. The number of halogens is 3. The van der Waals surface area contributed by atoms with E-state index in [0.29, 0.717) is 26.9 Å². The lowest BCUT2D eigenvalue weighted by Gasteiger charge is -2.30. The monoisotopic (exact) mass is 639 g/mol. The number of thioether (sulfide) groups is 1. The lowest BCUT2D eigenvalue weighted by atomic mass is 9.83. The van der Waals surface area contributed by atoms with Gasteiger partial charge in [-0.2, -0.15) is 13.2 Å². The van der Waals surface area contributed by atoms with Gasteiger partial charge in [0, 0.05) is 16.5 Å². The van der Waals surface area contributed by atoms with Gasteiger partial charge in [-0.25, -0.2) is 4.90 Å². The van der Waals surface area contributed by atoms with Gasteiger partial charge in [-0.15, -0.1) is 0 Å². The Morgan fingerprint density at radius 1 is 0.977 bits per heavy atom. The summed E-state index contributed by atoms with van der Waals surface area (Å²) < 4.78 is 46.0. The Morgan fingerprint density at radius 2 is 1.68 bits per heavy atom. The van der Waals surface area contributed by atoms with E-state index < -0.39 is 58.0 Å². The number of rotatable bonds is 6. The molecule has 3 atom stereocenters. The largest absolute Gasteiger partial charge is 0.497 e. The Balaban J connectivity index is 1.38. The van der Waals surface area contributed by atoms with Crippen LogP contribution in [-0.2, 0) is 27.1 Å². The summed E-state index contributed by atoms with van der Waals surface area (Å²) >= 11 is 1.94. The maximum atomic E-state index is 14.0. The van der Waals surface area contributed by atoms with Crippen LogP contribution in [0.3, 0.4) is 0 Å². The summed E-state index contributed by atoms with van der Waals surface area (Å²) in [6.07, 6.45) is -4.59. The van der Waals surface area contributed by atoms with Gasteiger partial charge in [0.25, 0.3) is 0 Å². The van der Waals surface area contributed by atoms with Crippen molar-refractivity contribution in [2.24, 2.45) is 5.92 Å². The molecule has 0 unspecified atom stereocenters. The second-order valence-corrected chi connectivity index (χ2v) is 12.5. The van der Waals surface area contributed by atoms with Crippen molar-refractivity contribution in [2.75, 3.05) is 17.3 Å². The molecule has 1 N–H and O–H groups in total. The summed E-state index contributed by atoms with van der Waals surface area (Å²) in [6.45, 7) is 1.40. The maximum Gasteiger partial charge on any atom is 0.416 e. The molecule has 2 aliphatic heterocycles. The Bertz CT molecular complexity index is 1830. The van der Waals surface area contributed by atoms with E-state index in [1.165, 1.54) is 28.7 Å². The first kappa shape index (κ1) is 29.7. The number of anilines is 2. The molecule has 3 heterocycles. The van der Waals surface area contributed by atoms with E-state index in [-0.39, 0.29) is 5.69 Å². The minimum absolute atomic E-state index is 0.0731. The normalized spacial score (nSPS) is 19.5. The van der Waals surface area contributed by atoms with Gasteiger partial charge < -0.3 is 10.1 Å². The summed E-state index contributed by atoms with van der Waals surface area (Å²) in [5, 5.41) is 1.92. The Morgan fingerprint density at radius 3 is 2.34 bits per heavy atom.